The fourth-order valence-electron chi connectivity index (χ4n) is 4.51. The molecular formula is C28H27ClN2O4. The number of hydrogen-bond donors (Lipinski definition) is 1. The summed E-state index contributed by atoms with van der Waals surface area (Å²) in [6.07, 6.45) is 3.19. The van der Waals surface area contributed by atoms with Gasteiger partial charge in [-0.05, 0) is 78.4 Å². The second-order valence-corrected chi connectivity index (χ2v) is 9.38. The fraction of sp³-hybridized carbons (Fsp3) is 0.250. The molecule has 1 aromatic heterocycles. The molecule has 1 unspecified atom stereocenters. The number of ketones is 1. The van der Waals surface area contributed by atoms with Crippen molar-refractivity contribution in [2.75, 3.05) is 12.0 Å². The summed E-state index contributed by atoms with van der Waals surface area (Å²) in [5.41, 5.74) is 4.04. The van der Waals surface area contributed by atoms with Crippen LogP contribution in [0.5, 0.6) is 5.75 Å². The van der Waals surface area contributed by atoms with Crippen LogP contribution in [-0.4, -0.2) is 28.9 Å². The van der Waals surface area contributed by atoms with Crippen LogP contribution in [0.25, 0.3) is 5.76 Å². The van der Waals surface area contributed by atoms with Crippen LogP contribution in [0, 0.1) is 13.8 Å². The summed E-state index contributed by atoms with van der Waals surface area (Å²) in [6.45, 7) is 7.72. The molecule has 0 bridgehead atoms. The Bertz CT molecular complexity index is 1350. The van der Waals surface area contributed by atoms with Gasteiger partial charge in [0, 0.05) is 28.7 Å². The molecular weight excluding hydrogens is 464 g/mol. The molecule has 7 heteroatoms. The summed E-state index contributed by atoms with van der Waals surface area (Å²) in [4.78, 5) is 32.4. The first kappa shape index (κ1) is 24.5. The summed E-state index contributed by atoms with van der Waals surface area (Å²) in [6, 6.07) is 11.5. The Kier molecular flexibility index (Phi) is 6.68. The molecule has 0 spiro atoms. The molecule has 1 saturated heterocycles. The van der Waals surface area contributed by atoms with Gasteiger partial charge < -0.3 is 9.84 Å². The minimum atomic E-state index is -0.848. The fourth-order valence-corrected chi connectivity index (χ4v) is 4.68. The van der Waals surface area contributed by atoms with Gasteiger partial charge in [0.05, 0.1) is 18.7 Å². The lowest BCUT2D eigenvalue weighted by Crippen LogP contribution is -2.30. The molecule has 2 heterocycles. The van der Waals surface area contributed by atoms with E-state index in [1.54, 1.807) is 49.8 Å². The lowest BCUT2D eigenvalue weighted by Gasteiger charge is -2.27. The molecule has 1 N–H and O–H groups in total. The van der Waals surface area contributed by atoms with E-state index in [-0.39, 0.29) is 17.3 Å². The van der Waals surface area contributed by atoms with Crippen LogP contribution in [0.3, 0.4) is 0 Å². The summed E-state index contributed by atoms with van der Waals surface area (Å²) >= 11 is 6.26. The first-order valence-electron chi connectivity index (χ1n) is 11.3. The Morgan fingerprint density at radius 3 is 2.37 bits per heavy atom. The van der Waals surface area contributed by atoms with Gasteiger partial charge in [-0.15, -0.1) is 0 Å². The zero-order chi connectivity index (χ0) is 25.4. The number of carbonyl (C=O) groups is 2. The van der Waals surface area contributed by atoms with Crippen LogP contribution in [0.2, 0.25) is 5.02 Å². The van der Waals surface area contributed by atoms with Crippen molar-refractivity contribution in [3.05, 3.63) is 93.3 Å². The molecule has 1 atom stereocenters. The van der Waals surface area contributed by atoms with Crippen molar-refractivity contribution in [1.29, 1.82) is 0 Å². The molecule has 2 aromatic carbocycles. The largest absolute Gasteiger partial charge is 0.507 e. The Labute approximate surface area is 209 Å². The minimum absolute atomic E-state index is 0.0172. The van der Waals surface area contributed by atoms with Crippen LogP contribution in [0.4, 0.5) is 5.69 Å². The highest BCUT2D eigenvalue weighted by molar-refractivity contribution is 6.52. The molecule has 6 nitrogen and oxygen atoms in total. The van der Waals surface area contributed by atoms with E-state index >= 15 is 0 Å². The third-order valence-electron chi connectivity index (χ3n) is 6.35. The Hall–Kier alpha value is -3.64. The van der Waals surface area contributed by atoms with Crippen LogP contribution in [0.15, 0.2) is 60.4 Å². The molecule has 35 heavy (non-hydrogen) atoms. The molecule has 1 aliphatic rings. The van der Waals surface area contributed by atoms with Crippen LogP contribution >= 0.6 is 11.6 Å². The smallest absolute Gasteiger partial charge is 0.300 e. The van der Waals surface area contributed by atoms with E-state index in [2.05, 4.69) is 4.98 Å². The van der Waals surface area contributed by atoms with Gasteiger partial charge in [0.2, 0.25) is 0 Å². The average Bonchev–Trinajstić information content (AvgIpc) is 3.10. The number of aliphatic hydroxyl groups is 1. The van der Waals surface area contributed by atoms with Crippen LogP contribution < -0.4 is 9.64 Å². The average molecular weight is 491 g/mol. The SMILES string of the molecule is COc1cc(C)c(/C(O)=C2\C(=O)C(=O)N(c3cc(Cl)ccc3C)C2c2ccncc2)cc1C(C)C. The molecule has 180 valence electrons. The maximum atomic E-state index is 13.5. The zero-order valence-electron chi connectivity index (χ0n) is 20.3. The van der Waals surface area contributed by atoms with Crippen molar-refractivity contribution in [1.82, 2.24) is 4.98 Å². The topological polar surface area (TPSA) is 79.7 Å². The van der Waals surface area contributed by atoms with E-state index in [4.69, 9.17) is 16.3 Å². The van der Waals surface area contributed by atoms with Gasteiger partial charge in [-0.3, -0.25) is 19.5 Å². The van der Waals surface area contributed by atoms with Gasteiger partial charge in [0.1, 0.15) is 11.5 Å². The monoisotopic (exact) mass is 490 g/mol. The van der Waals surface area contributed by atoms with Gasteiger partial charge in [-0.1, -0.05) is 31.5 Å². The number of carbonyl (C=O) groups excluding carboxylic acids is 2. The highest BCUT2D eigenvalue weighted by Gasteiger charge is 2.47. The zero-order valence-corrected chi connectivity index (χ0v) is 21.1. The molecule has 0 aliphatic carbocycles. The number of methoxy groups -OCH3 is 1. The molecule has 1 fully saturated rings. The number of aromatic nitrogens is 1. The van der Waals surface area contributed by atoms with Crippen molar-refractivity contribution in [3.63, 3.8) is 0 Å². The normalized spacial score (nSPS) is 17.3. The summed E-state index contributed by atoms with van der Waals surface area (Å²) < 4.78 is 5.53. The standard InChI is InChI=1S/C28H27ClN2O4/c1-15(2)20-14-21(17(4)12-23(20)35-5)26(32)24-25(18-8-10-30-11-9-18)31(28(34)27(24)33)22-13-19(29)7-6-16(22)3/h6-15,25,32H,1-5H3/b26-24+. The van der Waals surface area contributed by atoms with Crippen LogP contribution in [-0.2, 0) is 9.59 Å². The maximum Gasteiger partial charge on any atom is 0.300 e. The maximum absolute atomic E-state index is 13.5. The number of benzene rings is 2. The Morgan fingerprint density at radius 2 is 1.74 bits per heavy atom. The van der Waals surface area contributed by atoms with Gasteiger partial charge in [-0.25, -0.2) is 0 Å². The Morgan fingerprint density at radius 1 is 1.06 bits per heavy atom. The number of amides is 1. The number of hydrogen-bond acceptors (Lipinski definition) is 5. The van der Waals surface area contributed by atoms with E-state index in [9.17, 15) is 14.7 Å². The summed E-state index contributed by atoms with van der Waals surface area (Å²) in [7, 11) is 1.60. The molecule has 0 radical (unpaired) electrons. The number of aryl methyl sites for hydroxylation is 2. The van der Waals surface area contributed by atoms with Crippen molar-refractivity contribution >= 4 is 34.7 Å². The van der Waals surface area contributed by atoms with E-state index < -0.39 is 17.7 Å². The number of rotatable bonds is 5. The number of pyridine rings is 1. The Balaban J connectivity index is 2.00. The predicted octanol–water partition coefficient (Wildman–Crippen LogP) is 6.11. The minimum Gasteiger partial charge on any atom is -0.507 e. The van der Waals surface area contributed by atoms with Gasteiger partial charge >= 0.3 is 0 Å². The highest BCUT2D eigenvalue weighted by Crippen LogP contribution is 2.44. The third-order valence-corrected chi connectivity index (χ3v) is 6.59. The molecule has 1 aliphatic heterocycles. The predicted molar refractivity (Wildman–Crippen MR) is 137 cm³/mol. The number of anilines is 1. The van der Waals surface area contributed by atoms with Gasteiger partial charge in [-0.2, -0.15) is 0 Å². The summed E-state index contributed by atoms with van der Waals surface area (Å²) in [5.74, 6) is -0.896. The van der Waals surface area contributed by atoms with Crippen molar-refractivity contribution in [3.8, 4) is 5.75 Å². The van der Waals surface area contributed by atoms with Crippen molar-refractivity contribution in [2.45, 2.75) is 39.7 Å². The molecule has 3 aromatic rings. The molecule has 4 rings (SSSR count). The number of ether oxygens (including phenoxy) is 1. The number of Topliss-reactive ketones (excluding diaryl/α,β-unsaturated/α-hetero) is 1. The van der Waals surface area contributed by atoms with Crippen molar-refractivity contribution < 1.29 is 19.4 Å². The molecule has 0 saturated carbocycles. The highest BCUT2D eigenvalue weighted by atomic mass is 35.5. The second-order valence-electron chi connectivity index (χ2n) is 8.94. The van der Waals surface area contributed by atoms with E-state index in [0.29, 0.717) is 27.6 Å². The summed E-state index contributed by atoms with van der Waals surface area (Å²) in [5, 5.41) is 12.0. The molecule has 1 amide bonds. The quantitative estimate of drug-likeness (QED) is 0.265. The lowest BCUT2D eigenvalue weighted by atomic mass is 9.91. The number of aliphatic hydroxyl groups excluding tert-OH is 1. The first-order valence-corrected chi connectivity index (χ1v) is 11.7. The number of halogens is 1. The van der Waals surface area contributed by atoms with E-state index in [1.807, 2.05) is 39.8 Å². The second kappa shape index (κ2) is 9.55. The van der Waals surface area contributed by atoms with E-state index in [0.717, 1.165) is 16.7 Å². The van der Waals surface area contributed by atoms with Crippen LogP contribution in [0.1, 0.15) is 53.6 Å². The number of nitrogens with zero attached hydrogens (tertiary/aromatic N) is 2. The lowest BCUT2D eigenvalue weighted by molar-refractivity contribution is -0.132. The van der Waals surface area contributed by atoms with Gasteiger partial charge in [0.25, 0.3) is 11.7 Å². The third kappa shape index (κ3) is 4.30. The first-order chi connectivity index (χ1) is 16.6. The van der Waals surface area contributed by atoms with Gasteiger partial charge in [0.15, 0.2) is 0 Å². The van der Waals surface area contributed by atoms with Crippen molar-refractivity contribution in [2.24, 2.45) is 0 Å². The van der Waals surface area contributed by atoms with E-state index in [1.165, 1.54) is 4.90 Å².